The van der Waals surface area contributed by atoms with Crippen LogP contribution in [0, 0.1) is 13.8 Å². The molecule has 43 heavy (non-hydrogen) atoms. The number of para-hydroxylation sites is 1. The van der Waals surface area contributed by atoms with Gasteiger partial charge in [0.25, 0.3) is 11.8 Å². The molecule has 8 heteroatoms. The normalized spacial score (nSPS) is 11.8. The first-order valence-corrected chi connectivity index (χ1v) is 14.9. The van der Waals surface area contributed by atoms with Crippen molar-refractivity contribution in [3.8, 4) is 5.75 Å². The zero-order valence-electron chi connectivity index (χ0n) is 24.6. The number of carbonyl (C=O) groups is 3. The summed E-state index contributed by atoms with van der Waals surface area (Å²) in [5.41, 5.74) is 4.67. The molecule has 0 aliphatic rings. The van der Waals surface area contributed by atoms with Crippen molar-refractivity contribution in [3.63, 3.8) is 0 Å². The van der Waals surface area contributed by atoms with Gasteiger partial charge in [0.05, 0.1) is 11.9 Å². The van der Waals surface area contributed by atoms with Crippen molar-refractivity contribution in [1.82, 2.24) is 5.32 Å². The fraction of sp³-hybridized carbons (Fsp3) is 0.171. The molecule has 3 amide bonds. The third-order valence-electron chi connectivity index (χ3n) is 6.60. The van der Waals surface area contributed by atoms with E-state index in [0.29, 0.717) is 29.2 Å². The van der Waals surface area contributed by atoms with E-state index in [1.807, 2.05) is 88.4 Å². The van der Waals surface area contributed by atoms with Gasteiger partial charge in [-0.2, -0.15) is 0 Å². The lowest BCUT2D eigenvalue weighted by molar-refractivity contribution is -0.115. The maximum atomic E-state index is 13.5. The van der Waals surface area contributed by atoms with Gasteiger partial charge in [0.2, 0.25) is 5.91 Å². The van der Waals surface area contributed by atoms with Gasteiger partial charge in [0.1, 0.15) is 11.4 Å². The number of amides is 3. The Morgan fingerprint density at radius 1 is 0.814 bits per heavy atom. The van der Waals surface area contributed by atoms with Gasteiger partial charge >= 0.3 is 0 Å². The molecule has 1 unspecified atom stereocenters. The zero-order chi connectivity index (χ0) is 30.8. The molecule has 0 bridgehead atoms. The van der Waals surface area contributed by atoms with Crippen LogP contribution in [0.25, 0.3) is 6.08 Å². The molecule has 0 heterocycles. The zero-order valence-corrected chi connectivity index (χ0v) is 25.5. The third kappa shape index (κ3) is 8.83. The van der Waals surface area contributed by atoms with Crippen LogP contribution in [0.4, 0.5) is 11.4 Å². The van der Waals surface area contributed by atoms with Crippen molar-refractivity contribution in [1.29, 1.82) is 0 Å². The predicted octanol–water partition coefficient (Wildman–Crippen LogP) is 7.23. The molecule has 7 nitrogen and oxygen atoms in total. The van der Waals surface area contributed by atoms with E-state index in [9.17, 15) is 14.4 Å². The summed E-state index contributed by atoms with van der Waals surface area (Å²) in [5.74, 6) is -0.442. The summed E-state index contributed by atoms with van der Waals surface area (Å²) in [4.78, 5) is 40.2. The van der Waals surface area contributed by atoms with Crippen LogP contribution in [-0.4, -0.2) is 29.6 Å². The minimum atomic E-state index is -0.502. The Balaban J connectivity index is 1.51. The summed E-state index contributed by atoms with van der Waals surface area (Å²) < 4.78 is 5.72. The average molecular weight is 594 g/mol. The Morgan fingerprint density at radius 2 is 1.53 bits per heavy atom. The predicted molar refractivity (Wildman–Crippen MR) is 174 cm³/mol. The molecule has 4 aromatic rings. The molecule has 0 saturated carbocycles. The maximum absolute atomic E-state index is 13.5. The fourth-order valence-corrected chi connectivity index (χ4v) is 5.08. The highest BCUT2D eigenvalue weighted by Crippen LogP contribution is 2.27. The van der Waals surface area contributed by atoms with E-state index in [0.717, 1.165) is 21.7 Å². The molecule has 0 radical (unpaired) electrons. The van der Waals surface area contributed by atoms with Crippen LogP contribution in [0.5, 0.6) is 5.75 Å². The van der Waals surface area contributed by atoms with E-state index in [2.05, 4.69) is 16.0 Å². The van der Waals surface area contributed by atoms with Crippen molar-refractivity contribution in [3.05, 3.63) is 125 Å². The van der Waals surface area contributed by atoms with Crippen LogP contribution in [0.3, 0.4) is 0 Å². The number of benzene rings is 4. The van der Waals surface area contributed by atoms with Crippen LogP contribution in [0.15, 0.2) is 108 Å². The molecule has 0 fully saturated rings. The minimum Gasteiger partial charge on any atom is -0.493 e. The van der Waals surface area contributed by atoms with Gasteiger partial charge in [0, 0.05) is 27.4 Å². The topological polar surface area (TPSA) is 96.5 Å². The molecule has 4 rings (SSSR count). The quantitative estimate of drug-likeness (QED) is 0.126. The van der Waals surface area contributed by atoms with E-state index in [1.54, 1.807) is 42.5 Å². The number of nitrogens with one attached hydrogen (secondary N) is 3. The Labute approximate surface area is 256 Å². The molecular weight excluding hydrogens is 558 g/mol. The first-order valence-electron chi connectivity index (χ1n) is 14.0. The van der Waals surface area contributed by atoms with Crippen LogP contribution in [0.1, 0.15) is 40.9 Å². The van der Waals surface area contributed by atoms with Gasteiger partial charge in [-0.3, -0.25) is 14.4 Å². The maximum Gasteiger partial charge on any atom is 0.272 e. The lowest BCUT2D eigenvalue weighted by atomic mass is 10.1. The van der Waals surface area contributed by atoms with Crippen molar-refractivity contribution >= 4 is 46.9 Å². The van der Waals surface area contributed by atoms with Crippen molar-refractivity contribution < 1.29 is 19.1 Å². The van der Waals surface area contributed by atoms with E-state index < -0.39 is 11.8 Å². The Hall–Kier alpha value is -4.82. The first-order chi connectivity index (χ1) is 20.7. The van der Waals surface area contributed by atoms with E-state index in [1.165, 1.54) is 11.8 Å². The van der Waals surface area contributed by atoms with Gasteiger partial charge in [-0.05, 0) is 93.4 Å². The Kier molecular flexibility index (Phi) is 10.8. The summed E-state index contributed by atoms with van der Waals surface area (Å²) >= 11 is 1.38. The Morgan fingerprint density at radius 3 is 2.28 bits per heavy atom. The van der Waals surface area contributed by atoms with Crippen LogP contribution in [-0.2, 0) is 9.59 Å². The second kappa shape index (κ2) is 14.9. The highest BCUT2D eigenvalue weighted by molar-refractivity contribution is 8.00. The number of anilines is 2. The van der Waals surface area contributed by atoms with Crippen LogP contribution < -0.4 is 20.7 Å². The summed E-state index contributed by atoms with van der Waals surface area (Å²) in [6.07, 6.45) is 1.60. The number of hydrogen-bond donors (Lipinski definition) is 3. The number of aryl methyl sites for hydroxylation is 2. The van der Waals surface area contributed by atoms with E-state index in [4.69, 9.17) is 4.74 Å². The molecule has 1 atom stereocenters. The first kappa shape index (κ1) is 31.1. The summed E-state index contributed by atoms with van der Waals surface area (Å²) in [7, 11) is 0. The summed E-state index contributed by atoms with van der Waals surface area (Å²) in [6, 6.07) is 29.1. The molecular formula is C35H35N3O4S. The van der Waals surface area contributed by atoms with Crippen LogP contribution in [0.2, 0.25) is 0 Å². The summed E-state index contributed by atoms with van der Waals surface area (Å²) in [5, 5.41) is 8.23. The third-order valence-corrected chi connectivity index (χ3v) is 7.69. The van der Waals surface area contributed by atoms with Gasteiger partial charge < -0.3 is 20.7 Å². The highest BCUT2D eigenvalue weighted by atomic mass is 32.2. The number of thioether (sulfide) groups is 1. The second-order valence-electron chi connectivity index (χ2n) is 9.88. The highest BCUT2D eigenvalue weighted by Gasteiger charge is 2.18. The molecule has 0 spiro atoms. The molecule has 220 valence electrons. The van der Waals surface area contributed by atoms with Crippen molar-refractivity contribution in [2.75, 3.05) is 17.2 Å². The molecule has 0 aromatic heterocycles. The van der Waals surface area contributed by atoms with Crippen LogP contribution >= 0.6 is 11.8 Å². The van der Waals surface area contributed by atoms with Gasteiger partial charge in [-0.15, -0.1) is 11.8 Å². The lowest BCUT2D eigenvalue weighted by Crippen LogP contribution is -2.30. The Bertz CT molecular complexity index is 1640. The number of hydrogen-bond acceptors (Lipinski definition) is 5. The van der Waals surface area contributed by atoms with Gasteiger partial charge in [0.15, 0.2) is 0 Å². The second-order valence-corrected chi connectivity index (χ2v) is 11.3. The SMILES string of the molecule is CCOc1ccccc1/C=C(/NC(=O)c1ccccc1)C(=O)Nc1cccc(SC(C)C(=O)Nc2ccc(C)c(C)c2)c1. The molecule has 0 aliphatic heterocycles. The van der Waals surface area contributed by atoms with E-state index >= 15 is 0 Å². The van der Waals surface area contributed by atoms with Gasteiger partial charge in [-0.25, -0.2) is 0 Å². The standard InChI is InChI=1S/C35H35N3O4S/c1-5-42-32-17-10-9-14-27(32)21-31(38-34(40)26-12-7-6-8-13-26)35(41)37-28-15-11-16-30(22-28)43-25(4)33(39)36-29-19-18-23(2)24(3)20-29/h6-22,25H,5H2,1-4H3,(H,36,39)(H,37,41)(H,38,40)/b31-21+. The molecule has 0 aliphatic carbocycles. The van der Waals surface area contributed by atoms with Crippen molar-refractivity contribution in [2.45, 2.75) is 37.8 Å². The number of ether oxygens (including phenoxy) is 1. The monoisotopic (exact) mass is 593 g/mol. The average Bonchev–Trinajstić information content (AvgIpc) is 3.00. The van der Waals surface area contributed by atoms with Crippen molar-refractivity contribution in [2.24, 2.45) is 0 Å². The minimum absolute atomic E-state index is 0.0557. The largest absolute Gasteiger partial charge is 0.493 e. The molecule has 0 saturated heterocycles. The number of carbonyl (C=O) groups excluding carboxylic acids is 3. The molecule has 3 N–H and O–H groups in total. The van der Waals surface area contributed by atoms with Gasteiger partial charge in [-0.1, -0.05) is 48.5 Å². The fourth-order valence-electron chi connectivity index (χ4n) is 4.15. The smallest absolute Gasteiger partial charge is 0.272 e. The molecule has 4 aromatic carbocycles. The number of rotatable bonds is 11. The lowest BCUT2D eigenvalue weighted by Gasteiger charge is -2.15. The summed E-state index contributed by atoms with van der Waals surface area (Å²) in [6.45, 7) is 8.20. The van der Waals surface area contributed by atoms with E-state index in [-0.39, 0.29) is 16.9 Å².